The average molecular weight is 343 g/mol. The molecule has 5 nitrogen and oxygen atoms in total. The van der Waals surface area contributed by atoms with Gasteiger partial charge in [-0.05, 0) is 36.4 Å². The quantitative estimate of drug-likeness (QED) is 0.736. The highest BCUT2D eigenvalue weighted by atomic mass is 19.1. The van der Waals surface area contributed by atoms with Gasteiger partial charge in [-0.2, -0.15) is 0 Å². The summed E-state index contributed by atoms with van der Waals surface area (Å²) >= 11 is 0. The van der Waals surface area contributed by atoms with Gasteiger partial charge in [0.15, 0.2) is 0 Å². The summed E-state index contributed by atoms with van der Waals surface area (Å²) < 4.78 is 31.7. The van der Waals surface area contributed by atoms with Crippen molar-refractivity contribution in [3.05, 3.63) is 72.1 Å². The lowest BCUT2D eigenvalue weighted by Crippen LogP contribution is -2.30. The molecule has 128 valence electrons. The summed E-state index contributed by atoms with van der Waals surface area (Å²) in [6.45, 7) is 0.301. The van der Waals surface area contributed by atoms with Crippen molar-refractivity contribution in [3.63, 3.8) is 0 Å². The number of anilines is 1. The van der Waals surface area contributed by atoms with Crippen molar-refractivity contribution in [1.82, 2.24) is 10.3 Å². The van der Waals surface area contributed by atoms with Gasteiger partial charge in [-0.15, -0.1) is 0 Å². The predicted octanol–water partition coefficient (Wildman–Crippen LogP) is 3.98. The number of para-hydroxylation sites is 1. The molecule has 25 heavy (non-hydrogen) atoms. The smallest absolute Gasteiger partial charge is 0.319 e. The Balaban J connectivity index is 1.50. The molecule has 0 atom stereocenters. The summed E-state index contributed by atoms with van der Waals surface area (Å²) in [6, 6.07) is 11.2. The second kappa shape index (κ2) is 7.57. The molecule has 0 saturated heterocycles. The number of hydrogen-bond acceptors (Lipinski definition) is 3. The van der Waals surface area contributed by atoms with E-state index in [1.165, 1.54) is 30.5 Å². The van der Waals surface area contributed by atoms with Crippen LogP contribution in [0.5, 0.6) is 0 Å². The minimum absolute atomic E-state index is 0.111. The SMILES string of the molecule is O=C(NCCc1coc(-c2ccc(F)cc2)n1)Nc1ccccc1F. The van der Waals surface area contributed by atoms with Gasteiger partial charge in [0.1, 0.15) is 17.9 Å². The number of carbonyl (C=O) groups is 1. The molecule has 2 amide bonds. The maximum atomic E-state index is 13.4. The van der Waals surface area contributed by atoms with Gasteiger partial charge in [-0.3, -0.25) is 0 Å². The molecule has 2 N–H and O–H groups in total. The van der Waals surface area contributed by atoms with E-state index in [-0.39, 0.29) is 11.5 Å². The van der Waals surface area contributed by atoms with Gasteiger partial charge in [-0.25, -0.2) is 18.6 Å². The Labute approximate surface area is 142 Å². The van der Waals surface area contributed by atoms with Gasteiger partial charge < -0.3 is 15.1 Å². The number of urea groups is 1. The van der Waals surface area contributed by atoms with Crippen molar-refractivity contribution in [2.24, 2.45) is 0 Å². The third kappa shape index (κ3) is 4.41. The molecule has 0 aliphatic carbocycles. The Morgan fingerprint density at radius 2 is 1.84 bits per heavy atom. The maximum Gasteiger partial charge on any atom is 0.319 e. The van der Waals surface area contributed by atoms with Gasteiger partial charge in [-0.1, -0.05) is 12.1 Å². The summed E-state index contributed by atoms with van der Waals surface area (Å²) in [5.74, 6) is -0.454. The number of rotatable bonds is 5. The topological polar surface area (TPSA) is 67.2 Å². The lowest BCUT2D eigenvalue weighted by molar-refractivity contribution is 0.252. The lowest BCUT2D eigenvalue weighted by atomic mass is 10.2. The van der Waals surface area contributed by atoms with Crippen LogP contribution in [0.1, 0.15) is 5.69 Å². The zero-order valence-electron chi connectivity index (χ0n) is 13.1. The fraction of sp³-hybridized carbons (Fsp3) is 0.111. The normalized spacial score (nSPS) is 10.5. The molecule has 3 rings (SSSR count). The molecule has 0 fully saturated rings. The number of amides is 2. The van der Waals surface area contributed by atoms with Gasteiger partial charge in [0.2, 0.25) is 5.89 Å². The molecule has 2 aromatic carbocycles. The Morgan fingerprint density at radius 1 is 1.08 bits per heavy atom. The number of oxazole rings is 1. The standard InChI is InChI=1S/C18H15F2N3O2/c19-13-7-5-12(6-8-13)17-22-14(11-25-17)9-10-21-18(24)23-16-4-2-1-3-15(16)20/h1-8,11H,9-10H2,(H2,21,23,24). The van der Waals surface area contributed by atoms with Gasteiger partial charge in [0, 0.05) is 18.5 Å². The first kappa shape index (κ1) is 16.6. The third-order valence-corrected chi connectivity index (χ3v) is 3.43. The maximum absolute atomic E-state index is 13.4. The van der Waals surface area contributed by atoms with Crippen LogP contribution >= 0.6 is 0 Å². The Kier molecular flexibility index (Phi) is 5.03. The second-order valence-corrected chi connectivity index (χ2v) is 5.26. The fourth-order valence-corrected chi connectivity index (χ4v) is 2.18. The van der Waals surface area contributed by atoms with Crippen LogP contribution in [-0.2, 0) is 6.42 Å². The third-order valence-electron chi connectivity index (χ3n) is 3.43. The molecular weight excluding hydrogens is 328 g/mol. The average Bonchev–Trinajstić information content (AvgIpc) is 3.06. The molecule has 1 heterocycles. The molecule has 0 radical (unpaired) electrons. The van der Waals surface area contributed by atoms with Crippen LogP contribution in [-0.4, -0.2) is 17.6 Å². The van der Waals surface area contributed by atoms with Crippen LogP contribution in [0, 0.1) is 11.6 Å². The van der Waals surface area contributed by atoms with E-state index in [2.05, 4.69) is 15.6 Å². The highest BCUT2D eigenvalue weighted by Crippen LogP contribution is 2.19. The van der Waals surface area contributed by atoms with Crippen molar-refractivity contribution in [2.45, 2.75) is 6.42 Å². The largest absolute Gasteiger partial charge is 0.444 e. The monoisotopic (exact) mass is 343 g/mol. The molecule has 1 aromatic heterocycles. The summed E-state index contributed by atoms with van der Waals surface area (Å²) in [5, 5.41) is 5.04. The lowest BCUT2D eigenvalue weighted by Gasteiger charge is -2.07. The molecule has 0 spiro atoms. The summed E-state index contributed by atoms with van der Waals surface area (Å²) in [4.78, 5) is 16.0. The second-order valence-electron chi connectivity index (χ2n) is 5.26. The fourth-order valence-electron chi connectivity index (χ4n) is 2.18. The number of nitrogens with one attached hydrogen (secondary N) is 2. The number of aromatic nitrogens is 1. The molecular formula is C18H15F2N3O2. The van der Waals surface area contributed by atoms with E-state index < -0.39 is 11.8 Å². The van der Waals surface area contributed by atoms with E-state index >= 15 is 0 Å². The zero-order valence-corrected chi connectivity index (χ0v) is 13.1. The highest BCUT2D eigenvalue weighted by Gasteiger charge is 2.08. The van der Waals surface area contributed by atoms with E-state index in [0.717, 1.165) is 0 Å². The van der Waals surface area contributed by atoms with Crippen LogP contribution in [0.25, 0.3) is 11.5 Å². The number of carbonyl (C=O) groups excluding carboxylic acids is 1. The first-order valence-corrected chi connectivity index (χ1v) is 7.61. The van der Waals surface area contributed by atoms with Gasteiger partial charge >= 0.3 is 6.03 Å². The van der Waals surface area contributed by atoms with Gasteiger partial charge in [0.25, 0.3) is 0 Å². The molecule has 3 aromatic rings. The molecule has 0 unspecified atom stereocenters. The van der Waals surface area contributed by atoms with Crippen LogP contribution in [0.2, 0.25) is 0 Å². The van der Waals surface area contributed by atoms with Crippen molar-refractivity contribution < 1.29 is 18.0 Å². The van der Waals surface area contributed by atoms with Gasteiger partial charge in [0.05, 0.1) is 11.4 Å². The minimum atomic E-state index is -0.507. The number of hydrogen-bond donors (Lipinski definition) is 2. The zero-order chi connectivity index (χ0) is 17.6. The molecule has 0 aliphatic heterocycles. The number of halogens is 2. The molecule has 0 saturated carbocycles. The Hall–Kier alpha value is -3.22. The van der Waals surface area contributed by atoms with Crippen LogP contribution < -0.4 is 10.6 Å². The molecule has 7 heteroatoms. The van der Waals surface area contributed by atoms with Crippen molar-refractivity contribution >= 4 is 11.7 Å². The van der Waals surface area contributed by atoms with E-state index in [1.54, 1.807) is 24.3 Å². The molecule has 0 aliphatic rings. The van der Waals surface area contributed by atoms with Crippen molar-refractivity contribution in [2.75, 3.05) is 11.9 Å². The van der Waals surface area contributed by atoms with E-state index in [0.29, 0.717) is 30.1 Å². The van der Waals surface area contributed by atoms with Crippen LogP contribution in [0.15, 0.2) is 59.2 Å². The summed E-state index contributed by atoms with van der Waals surface area (Å²) in [5.41, 5.74) is 1.42. The number of nitrogens with zero attached hydrogens (tertiary/aromatic N) is 1. The van der Waals surface area contributed by atoms with E-state index in [4.69, 9.17) is 4.42 Å². The van der Waals surface area contributed by atoms with E-state index in [9.17, 15) is 13.6 Å². The minimum Gasteiger partial charge on any atom is -0.444 e. The van der Waals surface area contributed by atoms with Crippen molar-refractivity contribution in [3.8, 4) is 11.5 Å². The Bertz CT molecular complexity index is 863. The van der Waals surface area contributed by atoms with Crippen molar-refractivity contribution in [1.29, 1.82) is 0 Å². The van der Waals surface area contributed by atoms with E-state index in [1.807, 2.05) is 0 Å². The number of benzene rings is 2. The Morgan fingerprint density at radius 3 is 2.60 bits per heavy atom. The van der Waals surface area contributed by atoms with Crippen LogP contribution in [0.4, 0.5) is 19.3 Å². The summed E-state index contributed by atoms with van der Waals surface area (Å²) in [6.07, 6.45) is 1.92. The summed E-state index contributed by atoms with van der Waals surface area (Å²) in [7, 11) is 0. The molecule has 0 bridgehead atoms. The highest BCUT2D eigenvalue weighted by molar-refractivity contribution is 5.89. The first-order chi connectivity index (χ1) is 12.1. The predicted molar refractivity (Wildman–Crippen MR) is 89.0 cm³/mol. The van der Waals surface area contributed by atoms with Crippen LogP contribution in [0.3, 0.4) is 0 Å². The first-order valence-electron chi connectivity index (χ1n) is 7.61.